The van der Waals surface area contributed by atoms with Crippen LogP contribution in [0.15, 0.2) is 64.3 Å². The number of hydrogen-bond acceptors (Lipinski definition) is 5. The highest BCUT2D eigenvalue weighted by atomic mass is 32.2. The summed E-state index contributed by atoms with van der Waals surface area (Å²) >= 11 is 1.54. The molecule has 2 aromatic carbocycles. The number of nitrogens with zero attached hydrogens (tertiary/aromatic N) is 4. The normalized spacial score (nSPS) is 11.1. The van der Waals surface area contributed by atoms with Gasteiger partial charge in [-0.1, -0.05) is 59.4 Å². The van der Waals surface area contributed by atoms with Gasteiger partial charge in [-0.25, -0.2) is 4.39 Å². The van der Waals surface area contributed by atoms with Crippen molar-refractivity contribution >= 4 is 11.8 Å². The minimum absolute atomic E-state index is 0.313. The Hall–Kier alpha value is -2.93. The predicted molar refractivity (Wildman–Crippen MR) is 106 cm³/mol. The third-order valence-corrected chi connectivity index (χ3v) is 5.54. The molecule has 142 valence electrons. The molecule has 0 unspecified atom stereocenters. The number of aryl methyl sites for hydroxylation is 2. The highest BCUT2D eigenvalue weighted by Crippen LogP contribution is 2.30. The van der Waals surface area contributed by atoms with E-state index in [0.717, 1.165) is 27.7 Å². The Morgan fingerprint density at radius 1 is 1.00 bits per heavy atom. The fraction of sp³-hybridized carbons (Fsp3) is 0.190. The fourth-order valence-corrected chi connectivity index (χ4v) is 4.08. The van der Waals surface area contributed by atoms with Crippen LogP contribution in [0.5, 0.6) is 0 Å². The maximum Gasteiger partial charge on any atom is 0.192 e. The van der Waals surface area contributed by atoms with E-state index in [9.17, 15) is 4.39 Å². The SMILES string of the molecule is Cc1noc(C)c1CSc1nnc(-c2ccccc2F)n1Cc1ccccc1. The molecule has 0 spiro atoms. The molecule has 5 nitrogen and oxygen atoms in total. The average Bonchev–Trinajstić information content (AvgIpc) is 3.24. The first-order valence-corrected chi connectivity index (χ1v) is 9.88. The minimum Gasteiger partial charge on any atom is -0.361 e. The first-order valence-electron chi connectivity index (χ1n) is 8.90. The summed E-state index contributed by atoms with van der Waals surface area (Å²) in [5, 5.41) is 13.4. The Morgan fingerprint density at radius 3 is 2.46 bits per heavy atom. The predicted octanol–water partition coefficient (Wildman–Crippen LogP) is 5.03. The highest BCUT2D eigenvalue weighted by Gasteiger charge is 2.19. The molecule has 0 aliphatic heterocycles. The van der Waals surface area contributed by atoms with Crippen molar-refractivity contribution in [1.29, 1.82) is 0 Å². The Labute approximate surface area is 166 Å². The van der Waals surface area contributed by atoms with E-state index in [1.54, 1.807) is 30.0 Å². The van der Waals surface area contributed by atoms with Gasteiger partial charge in [0.15, 0.2) is 11.0 Å². The molecule has 0 saturated heterocycles. The Bertz CT molecular complexity index is 1070. The summed E-state index contributed by atoms with van der Waals surface area (Å²) in [7, 11) is 0. The van der Waals surface area contributed by atoms with E-state index in [2.05, 4.69) is 15.4 Å². The van der Waals surface area contributed by atoms with Gasteiger partial charge in [-0.05, 0) is 31.5 Å². The van der Waals surface area contributed by atoms with Crippen LogP contribution in [0.25, 0.3) is 11.4 Å². The van der Waals surface area contributed by atoms with Gasteiger partial charge in [0, 0.05) is 11.3 Å². The van der Waals surface area contributed by atoms with Crippen molar-refractivity contribution in [1.82, 2.24) is 19.9 Å². The van der Waals surface area contributed by atoms with Gasteiger partial charge in [0.25, 0.3) is 0 Å². The van der Waals surface area contributed by atoms with E-state index < -0.39 is 0 Å². The van der Waals surface area contributed by atoms with Crippen molar-refractivity contribution in [2.45, 2.75) is 31.3 Å². The molecule has 0 aliphatic carbocycles. The van der Waals surface area contributed by atoms with Crippen LogP contribution in [0.3, 0.4) is 0 Å². The molecule has 0 amide bonds. The van der Waals surface area contributed by atoms with Crippen LogP contribution in [0.1, 0.15) is 22.6 Å². The molecule has 0 saturated carbocycles. The third-order valence-electron chi connectivity index (χ3n) is 4.54. The quantitative estimate of drug-likeness (QED) is 0.429. The van der Waals surface area contributed by atoms with Crippen molar-refractivity contribution in [3.8, 4) is 11.4 Å². The number of hydrogen-bond donors (Lipinski definition) is 0. The molecule has 0 bridgehead atoms. The molecule has 0 N–H and O–H groups in total. The average molecular weight is 394 g/mol. The van der Waals surface area contributed by atoms with Gasteiger partial charge in [-0.3, -0.25) is 4.57 Å². The van der Waals surface area contributed by atoms with E-state index in [4.69, 9.17) is 4.52 Å². The van der Waals surface area contributed by atoms with E-state index in [0.29, 0.717) is 23.7 Å². The molecule has 28 heavy (non-hydrogen) atoms. The molecule has 0 aliphatic rings. The molecular weight excluding hydrogens is 375 g/mol. The zero-order valence-electron chi connectivity index (χ0n) is 15.6. The monoisotopic (exact) mass is 394 g/mol. The van der Waals surface area contributed by atoms with E-state index >= 15 is 0 Å². The third kappa shape index (κ3) is 3.71. The van der Waals surface area contributed by atoms with Gasteiger partial charge in [0.05, 0.1) is 17.8 Å². The van der Waals surface area contributed by atoms with Gasteiger partial charge < -0.3 is 4.52 Å². The molecule has 0 radical (unpaired) electrons. The van der Waals surface area contributed by atoms with Crippen LogP contribution >= 0.6 is 11.8 Å². The van der Waals surface area contributed by atoms with Crippen molar-refractivity contribution < 1.29 is 8.91 Å². The Balaban J connectivity index is 1.70. The molecule has 0 fully saturated rings. The topological polar surface area (TPSA) is 56.7 Å². The number of aromatic nitrogens is 4. The van der Waals surface area contributed by atoms with Crippen LogP contribution in [0, 0.1) is 19.7 Å². The molecule has 2 heterocycles. The Morgan fingerprint density at radius 2 is 1.75 bits per heavy atom. The number of halogens is 1. The summed E-state index contributed by atoms with van der Waals surface area (Å²) < 4.78 is 21.6. The van der Waals surface area contributed by atoms with Crippen LogP contribution in [0.4, 0.5) is 4.39 Å². The van der Waals surface area contributed by atoms with Crippen molar-refractivity contribution in [2.75, 3.05) is 0 Å². The zero-order valence-corrected chi connectivity index (χ0v) is 16.4. The van der Waals surface area contributed by atoms with Gasteiger partial charge in [0.2, 0.25) is 0 Å². The van der Waals surface area contributed by atoms with E-state index in [1.807, 2.05) is 48.7 Å². The first-order chi connectivity index (χ1) is 13.6. The number of rotatable bonds is 6. The second kappa shape index (κ2) is 7.98. The van der Waals surface area contributed by atoms with Crippen molar-refractivity contribution in [2.24, 2.45) is 0 Å². The first kappa shape index (κ1) is 18.4. The molecule has 4 aromatic rings. The summed E-state index contributed by atoms with van der Waals surface area (Å²) in [6.07, 6.45) is 0. The molecular formula is C21H19FN4OS. The smallest absolute Gasteiger partial charge is 0.192 e. The number of benzene rings is 2. The standard InChI is InChI=1S/C21H19FN4OS/c1-14-18(15(2)27-25-14)13-28-21-24-23-20(17-10-6-7-11-19(17)22)26(21)12-16-8-4-3-5-9-16/h3-11H,12-13H2,1-2H3. The van der Waals surface area contributed by atoms with Crippen LogP contribution in [-0.4, -0.2) is 19.9 Å². The molecule has 2 aromatic heterocycles. The highest BCUT2D eigenvalue weighted by molar-refractivity contribution is 7.98. The summed E-state index contributed by atoms with van der Waals surface area (Å²) in [5.41, 5.74) is 3.45. The second-order valence-corrected chi connectivity index (χ2v) is 7.39. The summed E-state index contributed by atoms with van der Waals surface area (Å²) in [6, 6.07) is 16.7. The van der Waals surface area contributed by atoms with Gasteiger partial charge in [-0.2, -0.15) is 0 Å². The van der Waals surface area contributed by atoms with Crippen LogP contribution < -0.4 is 0 Å². The lowest BCUT2D eigenvalue weighted by Crippen LogP contribution is -2.05. The Kier molecular flexibility index (Phi) is 5.25. The number of thioether (sulfide) groups is 1. The largest absolute Gasteiger partial charge is 0.361 e. The second-order valence-electron chi connectivity index (χ2n) is 6.45. The van der Waals surface area contributed by atoms with E-state index in [-0.39, 0.29) is 5.82 Å². The van der Waals surface area contributed by atoms with E-state index in [1.165, 1.54) is 6.07 Å². The lowest BCUT2D eigenvalue weighted by atomic mass is 10.2. The molecule has 4 rings (SSSR count). The summed E-state index contributed by atoms with van der Waals surface area (Å²) in [4.78, 5) is 0. The molecule has 7 heteroatoms. The maximum absolute atomic E-state index is 14.4. The fourth-order valence-electron chi connectivity index (χ4n) is 2.99. The van der Waals surface area contributed by atoms with Gasteiger partial charge in [0.1, 0.15) is 11.6 Å². The van der Waals surface area contributed by atoms with Gasteiger partial charge >= 0.3 is 0 Å². The summed E-state index contributed by atoms with van der Waals surface area (Å²) in [6.45, 7) is 4.38. The maximum atomic E-state index is 14.4. The minimum atomic E-state index is -0.313. The lowest BCUT2D eigenvalue weighted by molar-refractivity contribution is 0.392. The zero-order chi connectivity index (χ0) is 19.5. The summed E-state index contributed by atoms with van der Waals surface area (Å²) in [5.74, 6) is 1.66. The van der Waals surface area contributed by atoms with Crippen molar-refractivity contribution in [3.63, 3.8) is 0 Å². The van der Waals surface area contributed by atoms with Crippen molar-refractivity contribution in [3.05, 3.63) is 83.0 Å². The lowest BCUT2D eigenvalue weighted by Gasteiger charge is -2.11. The molecule has 0 atom stereocenters. The van der Waals surface area contributed by atoms with Crippen LogP contribution in [-0.2, 0) is 12.3 Å². The van der Waals surface area contributed by atoms with Crippen LogP contribution in [0.2, 0.25) is 0 Å². The van der Waals surface area contributed by atoms with Gasteiger partial charge in [-0.15, -0.1) is 10.2 Å².